The summed E-state index contributed by atoms with van der Waals surface area (Å²) in [5.74, 6) is 1.06. The van der Waals surface area contributed by atoms with Gasteiger partial charge in [-0.1, -0.05) is 18.2 Å². The Kier molecular flexibility index (Phi) is 6.35. The second-order valence-corrected chi connectivity index (χ2v) is 7.92. The van der Waals surface area contributed by atoms with Gasteiger partial charge < -0.3 is 20.9 Å². The number of urea groups is 1. The van der Waals surface area contributed by atoms with Crippen molar-refractivity contribution in [3.8, 4) is 0 Å². The van der Waals surface area contributed by atoms with Crippen LogP contribution in [0.15, 0.2) is 66.7 Å². The van der Waals surface area contributed by atoms with Crippen molar-refractivity contribution in [2.45, 2.75) is 13.5 Å². The number of hydrogen-bond acceptors (Lipinski definition) is 5. The minimum Gasteiger partial charge on any atom is -0.365 e. The Labute approximate surface area is 191 Å². The fourth-order valence-corrected chi connectivity index (χ4v) is 3.28. The Morgan fingerprint density at radius 3 is 2.18 bits per heavy atom. The van der Waals surface area contributed by atoms with Gasteiger partial charge >= 0.3 is 6.03 Å². The fourth-order valence-electron chi connectivity index (χ4n) is 3.28. The minimum absolute atomic E-state index is 0.354. The number of benzene rings is 3. The highest BCUT2D eigenvalue weighted by Crippen LogP contribution is 2.24. The van der Waals surface area contributed by atoms with Crippen molar-refractivity contribution >= 4 is 40.1 Å². The quantitative estimate of drug-likeness (QED) is 0.371. The molecule has 0 aliphatic carbocycles. The number of halogens is 1. The first kappa shape index (κ1) is 22.0. The molecule has 0 aliphatic heterocycles. The molecule has 7 nitrogen and oxygen atoms in total. The maximum Gasteiger partial charge on any atom is 0.323 e. The zero-order valence-corrected chi connectivity index (χ0v) is 18.7. The van der Waals surface area contributed by atoms with Crippen molar-refractivity contribution in [3.63, 3.8) is 0 Å². The van der Waals surface area contributed by atoms with Crippen LogP contribution in [0.2, 0.25) is 0 Å². The summed E-state index contributed by atoms with van der Waals surface area (Å²) in [5, 5.41) is 9.80. The molecule has 0 atom stereocenters. The third kappa shape index (κ3) is 5.54. The topological polar surface area (TPSA) is 82.2 Å². The normalized spacial score (nSPS) is 10.7. The van der Waals surface area contributed by atoms with Crippen molar-refractivity contribution in [1.29, 1.82) is 0 Å². The minimum atomic E-state index is -0.397. The molecule has 3 aromatic carbocycles. The molecule has 4 aromatic rings. The molecule has 0 spiro atoms. The summed E-state index contributed by atoms with van der Waals surface area (Å²) < 4.78 is 13.0. The lowest BCUT2D eigenvalue weighted by molar-refractivity contribution is 0.262. The van der Waals surface area contributed by atoms with Gasteiger partial charge in [0.25, 0.3) is 0 Å². The molecule has 2 amide bonds. The average molecular weight is 445 g/mol. The van der Waals surface area contributed by atoms with Crippen LogP contribution in [0.4, 0.5) is 32.3 Å². The van der Waals surface area contributed by atoms with Crippen molar-refractivity contribution in [2.75, 3.05) is 34.9 Å². The summed E-state index contributed by atoms with van der Waals surface area (Å²) >= 11 is 0. The molecule has 0 saturated carbocycles. The number of aryl methyl sites for hydroxylation is 1. The molecule has 0 fully saturated rings. The van der Waals surface area contributed by atoms with Gasteiger partial charge in [-0.3, -0.25) is 0 Å². The molecule has 1 aromatic heterocycles. The van der Waals surface area contributed by atoms with Crippen molar-refractivity contribution in [1.82, 2.24) is 9.97 Å². The van der Waals surface area contributed by atoms with Crippen molar-refractivity contribution in [3.05, 3.63) is 83.7 Å². The molecule has 0 saturated heterocycles. The summed E-state index contributed by atoms with van der Waals surface area (Å²) in [6, 6.07) is 18.8. The first-order chi connectivity index (χ1) is 15.9. The molecule has 33 heavy (non-hydrogen) atoms. The number of anilines is 4. The van der Waals surface area contributed by atoms with Crippen LogP contribution in [0.25, 0.3) is 10.9 Å². The molecule has 4 rings (SSSR count). The lowest BCUT2D eigenvalue weighted by Gasteiger charge is -2.15. The number of carbonyl (C=O) groups excluding carboxylic acids is 1. The van der Waals surface area contributed by atoms with Gasteiger partial charge in [0.1, 0.15) is 11.6 Å². The molecular formula is C25H25FN6O. The largest absolute Gasteiger partial charge is 0.365 e. The van der Waals surface area contributed by atoms with E-state index in [2.05, 4.69) is 25.9 Å². The molecule has 0 aliphatic rings. The van der Waals surface area contributed by atoms with Crippen LogP contribution in [0, 0.1) is 12.7 Å². The number of carbonyl (C=O) groups is 1. The Hall–Kier alpha value is -4.20. The molecule has 0 unspecified atom stereocenters. The Bertz CT molecular complexity index is 1270. The highest BCUT2D eigenvalue weighted by molar-refractivity contribution is 5.99. The van der Waals surface area contributed by atoms with E-state index in [1.807, 2.05) is 68.4 Å². The Morgan fingerprint density at radius 2 is 1.55 bits per heavy atom. The number of rotatable bonds is 6. The van der Waals surface area contributed by atoms with E-state index < -0.39 is 6.03 Å². The Balaban J connectivity index is 1.42. The van der Waals surface area contributed by atoms with E-state index >= 15 is 0 Å². The van der Waals surface area contributed by atoms with Crippen LogP contribution in [0.5, 0.6) is 0 Å². The summed E-state index contributed by atoms with van der Waals surface area (Å²) in [4.78, 5) is 23.3. The number of aromatic nitrogens is 2. The average Bonchev–Trinajstić information content (AvgIpc) is 2.79. The summed E-state index contributed by atoms with van der Waals surface area (Å²) in [7, 11) is 3.83. The number of fused-ring (bicyclic) bond motifs is 1. The highest BCUT2D eigenvalue weighted by Gasteiger charge is 2.10. The number of nitrogens with zero attached hydrogens (tertiary/aromatic N) is 3. The van der Waals surface area contributed by atoms with E-state index in [9.17, 15) is 9.18 Å². The van der Waals surface area contributed by atoms with Crippen molar-refractivity contribution in [2.24, 2.45) is 0 Å². The Morgan fingerprint density at radius 1 is 0.909 bits per heavy atom. The molecule has 168 valence electrons. The van der Waals surface area contributed by atoms with E-state index in [-0.39, 0.29) is 5.82 Å². The number of amides is 2. The van der Waals surface area contributed by atoms with Crippen molar-refractivity contribution < 1.29 is 9.18 Å². The van der Waals surface area contributed by atoms with E-state index in [1.54, 1.807) is 0 Å². The van der Waals surface area contributed by atoms with E-state index in [0.29, 0.717) is 23.9 Å². The molecule has 8 heteroatoms. The van der Waals surface area contributed by atoms with Gasteiger partial charge in [-0.05, 0) is 66.6 Å². The van der Waals surface area contributed by atoms with Gasteiger partial charge in [0.2, 0.25) is 5.95 Å². The standard InChI is InChI=1S/C25H25FN6O/c1-16-4-13-21-22(14-16)30-24(32(2)3)31-23(21)27-15-17-5-9-19(10-6-17)28-25(33)29-20-11-7-18(26)8-12-20/h4-14H,15H2,1-3H3,(H,27,30,31)(H2,28,29,33). The highest BCUT2D eigenvalue weighted by atomic mass is 19.1. The monoisotopic (exact) mass is 444 g/mol. The first-order valence-electron chi connectivity index (χ1n) is 10.5. The maximum absolute atomic E-state index is 13.0. The molecule has 3 N–H and O–H groups in total. The number of hydrogen-bond donors (Lipinski definition) is 3. The predicted octanol–water partition coefficient (Wildman–Crippen LogP) is 5.40. The van der Waals surface area contributed by atoms with Gasteiger partial charge in [0.05, 0.1) is 5.52 Å². The van der Waals surface area contributed by atoms with Crippen LogP contribution in [0.1, 0.15) is 11.1 Å². The first-order valence-corrected chi connectivity index (χ1v) is 10.5. The predicted molar refractivity (Wildman–Crippen MR) is 131 cm³/mol. The zero-order chi connectivity index (χ0) is 23.4. The van der Waals surface area contributed by atoms with E-state index in [0.717, 1.165) is 27.8 Å². The summed E-state index contributed by atoms with van der Waals surface area (Å²) in [6.45, 7) is 2.61. The third-order valence-electron chi connectivity index (χ3n) is 5.01. The SMILES string of the molecule is Cc1ccc2c(NCc3ccc(NC(=O)Nc4ccc(F)cc4)cc3)nc(N(C)C)nc2c1. The smallest absolute Gasteiger partial charge is 0.323 e. The summed E-state index contributed by atoms with van der Waals surface area (Å²) in [5.41, 5.74) is 4.23. The van der Waals surface area contributed by atoms with Crippen LogP contribution < -0.4 is 20.9 Å². The van der Waals surface area contributed by atoms with Gasteiger partial charge in [0, 0.05) is 37.4 Å². The van der Waals surface area contributed by atoms with E-state index in [4.69, 9.17) is 0 Å². The third-order valence-corrected chi connectivity index (χ3v) is 5.01. The number of nitrogens with one attached hydrogen (secondary N) is 3. The van der Waals surface area contributed by atoms with Crippen LogP contribution in [-0.4, -0.2) is 30.1 Å². The maximum atomic E-state index is 13.0. The second-order valence-electron chi connectivity index (χ2n) is 7.92. The van der Waals surface area contributed by atoms with E-state index in [1.165, 1.54) is 24.3 Å². The van der Waals surface area contributed by atoms with Gasteiger partial charge in [-0.25, -0.2) is 14.2 Å². The molecule has 1 heterocycles. The lowest BCUT2D eigenvalue weighted by atomic mass is 10.1. The van der Waals surface area contributed by atoms with Gasteiger partial charge in [-0.2, -0.15) is 4.98 Å². The van der Waals surface area contributed by atoms with Gasteiger partial charge in [-0.15, -0.1) is 0 Å². The second kappa shape index (κ2) is 9.52. The fraction of sp³-hybridized carbons (Fsp3) is 0.160. The van der Waals surface area contributed by atoms with Crippen LogP contribution in [0.3, 0.4) is 0 Å². The van der Waals surface area contributed by atoms with Crippen LogP contribution in [-0.2, 0) is 6.54 Å². The molecular weight excluding hydrogens is 419 g/mol. The molecule has 0 radical (unpaired) electrons. The van der Waals surface area contributed by atoms with Crippen LogP contribution >= 0.6 is 0 Å². The van der Waals surface area contributed by atoms with Gasteiger partial charge in [0.15, 0.2) is 0 Å². The summed E-state index contributed by atoms with van der Waals surface area (Å²) in [6.07, 6.45) is 0. The molecule has 0 bridgehead atoms. The zero-order valence-electron chi connectivity index (χ0n) is 18.7. The lowest BCUT2D eigenvalue weighted by Crippen LogP contribution is -2.19.